The molecule has 0 spiro atoms. The Hall–Kier alpha value is -1.39. The van der Waals surface area contributed by atoms with Crippen molar-refractivity contribution in [3.63, 3.8) is 0 Å². The van der Waals surface area contributed by atoms with Gasteiger partial charge < -0.3 is 16.8 Å². The molecule has 0 fully saturated rings. The first-order chi connectivity index (χ1) is 6.59. The normalized spacial score (nSPS) is 11.9. The SMILES string of the molecule is C/C(=C/C(N)N)Nc1ccccc1F. The number of halogens is 1. The Morgan fingerprint density at radius 2 is 2.07 bits per heavy atom. The van der Waals surface area contributed by atoms with Gasteiger partial charge in [0.1, 0.15) is 5.82 Å². The average molecular weight is 195 g/mol. The van der Waals surface area contributed by atoms with Crippen LogP contribution in [0.1, 0.15) is 6.92 Å². The summed E-state index contributed by atoms with van der Waals surface area (Å²) in [7, 11) is 0. The molecule has 0 radical (unpaired) electrons. The van der Waals surface area contributed by atoms with E-state index in [-0.39, 0.29) is 5.82 Å². The number of para-hydroxylation sites is 1. The van der Waals surface area contributed by atoms with Crippen LogP contribution in [0.4, 0.5) is 10.1 Å². The van der Waals surface area contributed by atoms with E-state index >= 15 is 0 Å². The topological polar surface area (TPSA) is 64.1 Å². The third-order valence-corrected chi connectivity index (χ3v) is 1.65. The van der Waals surface area contributed by atoms with E-state index in [1.807, 2.05) is 0 Å². The minimum absolute atomic E-state index is 0.300. The molecular formula is C10H14FN3. The van der Waals surface area contributed by atoms with Crippen molar-refractivity contribution in [3.05, 3.63) is 41.9 Å². The third kappa shape index (κ3) is 3.16. The molecule has 0 atom stereocenters. The summed E-state index contributed by atoms with van der Waals surface area (Å²) in [6.45, 7) is 1.78. The van der Waals surface area contributed by atoms with Gasteiger partial charge in [-0.3, -0.25) is 0 Å². The third-order valence-electron chi connectivity index (χ3n) is 1.65. The van der Waals surface area contributed by atoms with Gasteiger partial charge in [0.25, 0.3) is 0 Å². The number of anilines is 1. The molecule has 0 unspecified atom stereocenters. The lowest BCUT2D eigenvalue weighted by atomic mass is 10.3. The molecule has 0 bridgehead atoms. The molecule has 0 saturated heterocycles. The minimum atomic E-state index is -0.533. The number of nitrogens with two attached hydrogens (primary N) is 2. The molecule has 4 heteroatoms. The molecule has 0 aliphatic rings. The van der Waals surface area contributed by atoms with E-state index in [4.69, 9.17) is 11.5 Å². The van der Waals surface area contributed by atoms with E-state index in [2.05, 4.69) is 5.32 Å². The molecule has 0 aliphatic carbocycles. The van der Waals surface area contributed by atoms with Crippen molar-refractivity contribution < 1.29 is 4.39 Å². The molecule has 0 heterocycles. The fourth-order valence-corrected chi connectivity index (χ4v) is 1.11. The molecule has 3 nitrogen and oxygen atoms in total. The van der Waals surface area contributed by atoms with E-state index in [1.165, 1.54) is 6.07 Å². The van der Waals surface area contributed by atoms with Gasteiger partial charge in [0, 0.05) is 5.70 Å². The van der Waals surface area contributed by atoms with E-state index in [9.17, 15) is 4.39 Å². The maximum absolute atomic E-state index is 13.1. The summed E-state index contributed by atoms with van der Waals surface area (Å²) in [6.07, 6.45) is 1.08. The molecule has 0 amide bonds. The van der Waals surface area contributed by atoms with Crippen molar-refractivity contribution in [2.45, 2.75) is 13.1 Å². The predicted octanol–water partition coefficient (Wildman–Crippen LogP) is 1.38. The summed E-state index contributed by atoms with van der Waals surface area (Å²) < 4.78 is 13.1. The second-order valence-corrected chi connectivity index (χ2v) is 3.03. The highest BCUT2D eigenvalue weighted by Gasteiger charge is 1.99. The summed E-state index contributed by atoms with van der Waals surface area (Å²) in [5.41, 5.74) is 11.9. The van der Waals surface area contributed by atoms with Crippen molar-refractivity contribution in [2.24, 2.45) is 11.5 Å². The highest BCUT2D eigenvalue weighted by atomic mass is 19.1. The number of nitrogens with one attached hydrogen (secondary N) is 1. The van der Waals surface area contributed by atoms with Crippen LogP contribution in [0.5, 0.6) is 0 Å². The summed E-state index contributed by atoms with van der Waals surface area (Å²) in [5, 5.41) is 2.87. The van der Waals surface area contributed by atoms with E-state index in [0.29, 0.717) is 5.69 Å². The number of rotatable bonds is 3. The second-order valence-electron chi connectivity index (χ2n) is 3.03. The molecule has 1 aromatic rings. The maximum atomic E-state index is 13.1. The highest BCUT2D eigenvalue weighted by Crippen LogP contribution is 2.14. The maximum Gasteiger partial charge on any atom is 0.146 e. The largest absolute Gasteiger partial charge is 0.357 e. The number of allylic oxidation sites excluding steroid dienone is 1. The molecule has 5 N–H and O–H groups in total. The van der Waals surface area contributed by atoms with Gasteiger partial charge in [-0.1, -0.05) is 12.1 Å². The zero-order valence-corrected chi connectivity index (χ0v) is 8.00. The monoisotopic (exact) mass is 195 g/mol. The van der Waals surface area contributed by atoms with Crippen molar-refractivity contribution in [2.75, 3.05) is 5.32 Å². The van der Waals surface area contributed by atoms with E-state index in [0.717, 1.165) is 5.70 Å². The molecule has 0 saturated carbocycles. The first kappa shape index (κ1) is 10.7. The van der Waals surface area contributed by atoms with Crippen LogP contribution in [0, 0.1) is 5.82 Å². The van der Waals surface area contributed by atoms with Gasteiger partial charge in [-0.05, 0) is 25.1 Å². The van der Waals surface area contributed by atoms with Gasteiger partial charge in [-0.15, -0.1) is 0 Å². The number of benzene rings is 1. The van der Waals surface area contributed by atoms with Crippen LogP contribution in [0.25, 0.3) is 0 Å². The lowest BCUT2D eigenvalue weighted by Gasteiger charge is -2.08. The Kier molecular flexibility index (Phi) is 3.62. The summed E-state index contributed by atoms with van der Waals surface area (Å²) in [6, 6.07) is 6.42. The second kappa shape index (κ2) is 4.74. The smallest absolute Gasteiger partial charge is 0.146 e. The summed E-state index contributed by atoms with van der Waals surface area (Å²) >= 11 is 0. The zero-order chi connectivity index (χ0) is 10.6. The Morgan fingerprint density at radius 3 is 2.64 bits per heavy atom. The van der Waals surface area contributed by atoms with Crippen molar-refractivity contribution in [3.8, 4) is 0 Å². The fourth-order valence-electron chi connectivity index (χ4n) is 1.11. The molecule has 76 valence electrons. The quantitative estimate of drug-likeness (QED) is 0.638. The van der Waals surface area contributed by atoms with Gasteiger partial charge in [-0.25, -0.2) is 4.39 Å². The van der Waals surface area contributed by atoms with Crippen LogP contribution in [0.2, 0.25) is 0 Å². The van der Waals surface area contributed by atoms with Crippen LogP contribution in [-0.4, -0.2) is 6.17 Å². The van der Waals surface area contributed by atoms with E-state index in [1.54, 1.807) is 31.2 Å². The Balaban J connectivity index is 2.74. The summed E-state index contributed by atoms with van der Waals surface area (Å²) in [4.78, 5) is 0. The highest BCUT2D eigenvalue weighted by molar-refractivity contribution is 5.48. The van der Waals surface area contributed by atoms with Crippen LogP contribution in [0.3, 0.4) is 0 Å². The lowest BCUT2D eigenvalue weighted by molar-refractivity contribution is 0.631. The molecular weight excluding hydrogens is 181 g/mol. The van der Waals surface area contributed by atoms with Gasteiger partial charge in [0.05, 0.1) is 11.9 Å². The molecule has 0 aliphatic heterocycles. The van der Waals surface area contributed by atoms with Crippen LogP contribution < -0.4 is 16.8 Å². The Labute approximate surface area is 82.6 Å². The van der Waals surface area contributed by atoms with Crippen LogP contribution in [0.15, 0.2) is 36.0 Å². The predicted molar refractivity (Wildman–Crippen MR) is 55.9 cm³/mol. The van der Waals surface area contributed by atoms with Gasteiger partial charge in [0.2, 0.25) is 0 Å². The standard InChI is InChI=1S/C10H14FN3/c1-7(6-10(12)13)14-9-5-3-2-4-8(9)11/h2-6,10,14H,12-13H2,1H3/b7-6-. The fraction of sp³-hybridized carbons (Fsp3) is 0.200. The van der Waals surface area contributed by atoms with E-state index < -0.39 is 6.17 Å². The average Bonchev–Trinajstić information content (AvgIpc) is 2.07. The molecule has 1 aromatic carbocycles. The molecule has 0 aromatic heterocycles. The van der Waals surface area contributed by atoms with Gasteiger partial charge in [-0.2, -0.15) is 0 Å². The van der Waals surface area contributed by atoms with Gasteiger partial charge >= 0.3 is 0 Å². The molecule has 1 rings (SSSR count). The Morgan fingerprint density at radius 1 is 1.43 bits per heavy atom. The molecule has 14 heavy (non-hydrogen) atoms. The van der Waals surface area contributed by atoms with Crippen molar-refractivity contribution in [1.29, 1.82) is 0 Å². The number of hydrogen-bond donors (Lipinski definition) is 3. The van der Waals surface area contributed by atoms with Crippen molar-refractivity contribution >= 4 is 5.69 Å². The van der Waals surface area contributed by atoms with Crippen LogP contribution >= 0.6 is 0 Å². The zero-order valence-electron chi connectivity index (χ0n) is 8.00. The van der Waals surface area contributed by atoms with Gasteiger partial charge in [0.15, 0.2) is 0 Å². The minimum Gasteiger partial charge on any atom is -0.357 e. The van der Waals surface area contributed by atoms with Crippen LogP contribution in [-0.2, 0) is 0 Å². The first-order valence-electron chi connectivity index (χ1n) is 4.31. The number of hydrogen-bond acceptors (Lipinski definition) is 3. The lowest BCUT2D eigenvalue weighted by Crippen LogP contribution is -2.28. The van der Waals surface area contributed by atoms with Crippen molar-refractivity contribution in [1.82, 2.24) is 0 Å². The summed E-state index contributed by atoms with van der Waals surface area (Å²) in [5.74, 6) is -0.300. The Bertz CT molecular complexity index is 334. The first-order valence-corrected chi connectivity index (χ1v) is 4.31.